The van der Waals surface area contributed by atoms with E-state index in [4.69, 9.17) is 18.0 Å². The molecule has 0 aromatic heterocycles. The van der Waals surface area contributed by atoms with Gasteiger partial charge in [-0.15, -0.1) is 0 Å². The molecule has 1 atom stereocenters. The van der Waals surface area contributed by atoms with Gasteiger partial charge in [0.1, 0.15) is 5.75 Å². The molecule has 5 nitrogen and oxygen atoms in total. The average molecular weight is 419 g/mol. The Labute approximate surface area is 143 Å². The van der Waals surface area contributed by atoms with E-state index >= 15 is 0 Å². The van der Waals surface area contributed by atoms with Crippen LogP contribution in [0.4, 0.5) is 0 Å². The van der Waals surface area contributed by atoms with E-state index in [1.54, 1.807) is 17.0 Å². The number of hydrogen-bond donors (Lipinski definition) is 2. The van der Waals surface area contributed by atoms with Gasteiger partial charge in [-0.25, -0.2) is 0 Å². The number of carbonyl (C=O) groups is 1. The maximum absolute atomic E-state index is 12.4. The van der Waals surface area contributed by atoms with E-state index < -0.39 is 0 Å². The molecule has 1 aliphatic heterocycles. The van der Waals surface area contributed by atoms with Crippen molar-refractivity contribution in [1.82, 2.24) is 9.80 Å². The van der Waals surface area contributed by atoms with E-state index in [9.17, 15) is 9.90 Å². The molecule has 2 rings (SSSR count). The lowest BCUT2D eigenvalue weighted by molar-refractivity contribution is 0.0621. The van der Waals surface area contributed by atoms with Crippen LogP contribution in [0.2, 0.25) is 0 Å². The zero-order valence-electron chi connectivity index (χ0n) is 11.8. The van der Waals surface area contributed by atoms with Crippen molar-refractivity contribution >= 4 is 45.7 Å². The zero-order valence-corrected chi connectivity index (χ0v) is 14.7. The van der Waals surface area contributed by atoms with Crippen molar-refractivity contribution in [2.24, 2.45) is 5.73 Å². The van der Waals surface area contributed by atoms with Crippen molar-refractivity contribution in [1.29, 1.82) is 0 Å². The Hall–Kier alpha value is -0.930. The number of thiocarbonyl (C=S) groups is 1. The minimum absolute atomic E-state index is 0.0515. The van der Waals surface area contributed by atoms with Gasteiger partial charge in [-0.3, -0.25) is 9.69 Å². The molecule has 21 heavy (non-hydrogen) atoms. The maximum atomic E-state index is 12.4. The van der Waals surface area contributed by atoms with Crippen LogP contribution in [0.25, 0.3) is 0 Å². The monoisotopic (exact) mass is 419 g/mol. The van der Waals surface area contributed by atoms with Crippen molar-refractivity contribution < 1.29 is 9.90 Å². The van der Waals surface area contributed by atoms with Crippen LogP contribution in [0.3, 0.4) is 0 Å². The van der Waals surface area contributed by atoms with E-state index in [1.165, 1.54) is 6.07 Å². The molecule has 1 aromatic rings. The molecule has 114 valence electrons. The Morgan fingerprint density at radius 2 is 2.00 bits per heavy atom. The normalized spacial score (nSPS) is 17.5. The van der Waals surface area contributed by atoms with Gasteiger partial charge in [-0.2, -0.15) is 0 Å². The fourth-order valence-electron chi connectivity index (χ4n) is 2.32. The van der Waals surface area contributed by atoms with Crippen LogP contribution in [-0.4, -0.2) is 58.0 Å². The van der Waals surface area contributed by atoms with Crippen molar-refractivity contribution in [3.8, 4) is 5.75 Å². The smallest absolute Gasteiger partial charge is 0.254 e. The highest BCUT2D eigenvalue weighted by Crippen LogP contribution is 2.21. The molecular weight excluding hydrogens is 401 g/mol. The van der Waals surface area contributed by atoms with E-state index in [2.05, 4.69) is 4.90 Å². The minimum atomic E-state index is -0.0515. The Balaban J connectivity index is 2.00. The first kappa shape index (κ1) is 16.4. The molecule has 0 aliphatic carbocycles. The Morgan fingerprint density at radius 1 is 1.38 bits per heavy atom. The lowest BCUT2D eigenvalue weighted by Gasteiger charge is -2.37. The lowest BCUT2D eigenvalue weighted by Crippen LogP contribution is -2.53. The minimum Gasteiger partial charge on any atom is -0.507 e. The summed E-state index contributed by atoms with van der Waals surface area (Å²) in [4.78, 5) is 16.9. The number of phenols is 1. The zero-order chi connectivity index (χ0) is 15.6. The molecule has 3 N–H and O–H groups in total. The maximum Gasteiger partial charge on any atom is 0.254 e. The summed E-state index contributed by atoms with van der Waals surface area (Å²) in [6, 6.07) is 5.07. The number of carbonyl (C=O) groups excluding carboxylic acids is 1. The van der Waals surface area contributed by atoms with E-state index in [0.29, 0.717) is 23.6 Å². The van der Waals surface area contributed by atoms with Gasteiger partial charge in [-0.05, 0) is 47.7 Å². The molecule has 1 saturated heterocycles. The number of piperazine rings is 1. The number of aromatic hydroxyl groups is 1. The van der Waals surface area contributed by atoms with Gasteiger partial charge in [-0.1, -0.05) is 12.2 Å². The highest BCUT2D eigenvalue weighted by Gasteiger charge is 2.25. The third kappa shape index (κ3) is 3.83. The highest BCUT2D eigenvalue weighted by atomic mass is 127. The van der Waals surface area contributed by atoms with Crippen molar-refractivity contribution in [2.75, 3.05) is 26.2 Å². The molecule has 0 radical (unpaired) electrons. The predicted octanol–water partition coefficient (Wildman–Crippen LogP) is 1.43. The van der Waals surface area contributed by atoms with E-state index in [0.717, 1.165) is 16.7 Å². The molecule has 0 bridgehead atoms. The van der Waals surface area contributed by atoms with Crippen LogP contribution >= 0.6 is 34.8 Å². The van der Waals surface area contributed by atoms with Gasteiger partial charge >= 0.3 is 0 Å². The topological polar surface area (TPSA) is 69.8 Å². The summed E-state index contributed by atoms with van der Waals surface area (Å²) in [6.45, 7) is 4.76. The number of nitrogens with zero attached hydrogens (tertiary/aromatic N) is 2. The molecular formula is C14H18IN3O2S. The first-order valence-electron chi connectivity index (χ1n) is 6.71. The van der Waals surface area contributed by atoms with Gasteiger partial charge in [0.25, 0.3) is 5.91 Å². The quantitative estimate of drug-likeness (QED) is 0.573. The summed E-state index contributed by atoms with van der Waals surface area (Å²) in [5.41, 5.74) is 6.18. The number of rotatable bonds is 3. The Bertz CT molecular complexity index is 559. The number of amides is 1. The average Bonchev–Trinajstić information content (AvgIpc) is 2.48. The second kappa shape index (κ2) is 6.89. The Kier molecular flexibility index (Phi) is 5.39. The molecule has 1 unspecified atom stereocenters. The summed E-state index contributed by atoms with van der Waals surface area (Å²) in [7, 11) is 0. The number of halogens is 1. The summed E-state index contributed by atoms with van der Waals surface area (Å²) in [5, 5.41) is 9.71. The second-order valence-electron chi connectivity index (χ2n) is 5.07. The van der Waals surface area contributed by atoms with Crippen molar-refractivity contribution in [3.05, 3.63) is 27.3 Å². The van der Waals surface area contributed by atoms with Gasteiger partial charge in [0.2, 0.25) is 0 Å². The molecule has 7 heteroatoms. The third-order valence-corrected chi connectivity index (χ3v) is 5.01. The van der Waals surface area contributed by atoms with Gasteiger partial charge in [0, 0.05) is 31.7 Å². The molecule has 1 amide bonds. The van der Waals surface area contributed by atoms with Crippen LogP contribution in [0.5, 0.6) is 5.75 Å². The van der Waals surface area contributed by atoms with Gasteiger partial charge in [0.15, 0.2) is 0 Å². The third-order valence-electron chi connectivity index (χ3n) is 3.75. The lowest BCUT2D eigenvalue weighted by atomic mass is 10.1. The summed E-state index contributed by atoms with van der Waals surface area (Å²) >= 11 is 7.04. The standard InChI is InChI=1S/C14H18IN3O2S/c1-9(13(16)21)17-4-6-18(7-5-17)14(20)10-2-3-11(15)12(19)8-10/h2-3,8-9,19H,4-7H2,1H3,(H2,16,21). The van der Waals surface area contributed by atoms with E-state index in [1.807, 2.05) is 29.5 Å². The molecule has 1 heterocycles. The van der Waals surface area contributed by atoms with Crippen LogP contribution in [0.15, 0.2) is 18.2 Å². The van der Waals surface area contributed by atoms with Crippen LogP contribution < -0.4 is 5.73 Å². The molecule has 1 aliphatic rings. The predicted molar refractivity (Wildman–Crippen MR) is 94.5 cm³/mol. The molecule has 0 saturated carbocycles. The largest absolute Gasteiger partial charge is 0.507 e. The van der Waals surface area contributed by atoms with Gasteiger partial charge in [0.05, 0.1) is 14.6 Å². The van der Waals surface area contributed by atoms with Gasteiger partial charge < -0.3 is 15.7 Å². The van der Waals surface area contributed by atoms with Crippen molar-refractivity contribution in [3.63, 3.8) is 0 Å². The summed E-state index contributed by atoms with van der Waals surface area (Å²) in [5.74, 6) is 0.0894. The number of hydrogen-bond acceptors (Lipinski definition) is 4. The molecule has 1 fully saturated rings. The SMILES string of the molecule is CC(C(N)=S)N1CCN(C(=O)c2ccc(I)c(O)c2)CC1. The number of benzene rings is 1. The van der Waals surface area contributed by atoms with Crippen LogP contribution in [-0.2, 0) is 0 Å². The van der Waals surface area contributed by atoms with Crippen LogP contribution in [0, 0.1) is 3.57 Å². The van der Waals surface area contributed by atoms with E-state index in [-0.39, 0.29) is 17.7 Å². The number of phenolic OH excluding ortho intramolecular Hbond substituents is 1. The molecule has 0 spiro atoms. The number of nitrogens with two attached hydrogens (primary N) is 1. The highest BCUT2D eigenvalue weighted by molar-refractivity contribution is 14.1. The fourth-order valence-corrected chi connectivity index (χ4v) is 2.81. The second-order valence-corrected chi connectivity index (χ2v) is 6.71. The van der Waals surface area contributed by atoms with Crippen LogP contribution in [0.1, 0.15) is 17.3 Å². The van der Waals surface area contributed by atoms with Crippen molar-refractivity contribution in [2.45, 2.75) is 13.0 Å². The first-order valence-corrected chi connectivity index (χ1v) is 8.20. The Morgan fingerprint density at radius 3 is 2.52 bits per heavy atom. The fraction of sp³-hybridized carbons (Fsp3) is 0.429. The first-order chi connectivity index (χ1) is 9.90. The summed E-state index contributed by atoms with van der Waals surface area (Å²) < 4.78 is 0.735. The summed E-state index contributed by atoms with van der Waals surface area (Å²) in [6.07, 6.45) is 0. The molecule has 1 aromatic carbocycles.